The number of rotatable bonds is 4. The second kappa shape index (κ2) is 7.41. The van der Waals surface area contributed by atoms with Crippen LogP contribution in [0, 0.1) is 6.92 Å². The van der Waals surface area contributed by atoms with Gasteiger partial charge in [0.2, 0.25) is 0 Å². The Balaban J connectivity index is 1.50. The molecule has 0 radical (unpaired) electrons. The highest BCUT2D eigenvalue weighted by molar-refractivity contribution is 7.10. The van der Waals surface area contributed by atoms with E-state index in [4.69, 9.17) is 0 Å². The van der Waals surface area contributed by atoms with E-state index in [1.807, 2.05) is 47.9 Å². The minimum atomic E-state index is 0.143. The summed E-state index contributed by atoms with van der Waals surface area (Å²) in [5.74, 6) is 1.48. The van der Waals surface area contributed by atoms with E-state index >= 15 is 0 Å². The summed E-state index contributed by atoms with van der Waals surface area (Å²) in [4.78, 5) is 24.8. The van der Waals surface area contributed by atoms with Gasteiger partial charge in [-0.15, -0.1) is 11.3 Å². The molecule has 0 saturated carbocycles. The molecule has 0 aromatic carbocycles. The fraction of sp³-hybridized carbons (Fsp3) is 0.350. The molecule has 26 heavy (non-hydrogen) atoms. The Hall–Kier alpha value is -2.47. The molecule has 1 aliphatic rings. The van der Waals surface area contributed by atoms with Gasteiger partial charge in [-0.25, -0.2) is 4.98 Å². The van der Waals surface area contributed by atoms with E-state index in [0.29, 0.717) is 0 Å². The number of aryl methyl sites for hydroxylation is 1. The van der Waals surface area contributed by atoms with Gasteiger partial charge in [0, 0.05) is 54.1 Å². The Morgan fingerprint density at radius 1 is 1.38 bits per heavy atom. The number of hydrogen-bond donors (Lipinski definition) is 0. The van der Waals surface area contributed by atoms with Crippen LogP contribution in [0.3, 0.4) is 0 Å². The number of amides is 1. The Kier molecular flexibility index (Phi) is 4.84. The van der Waals surface area contributed by atoms with Crippen LogP contribution in [0.5, 0.6) is 0 Å². The van der Waals surface area contributed by atoms with Crippen molar-refractivity contribution in [2.24, 2.45) is 0 Å². The van der Waals surface area contributed by atoms with Gasteiger partial charge in [0.05, 0.1) is 12.1 Å². The first-order valence-electron chi connectivity index (χ1n) is 8.95. The molecule has 0 spiro atoms. The van der Waals surface area contributed by atoms with Crippen molar-refractivity contribution in [2.75, 3.05) is 13.1 Å². The summed E-state index contributed by atoms with van der Waals surface area (Å²) >= 11 is 1.63. The molecule has 3 aromatic rings. The lowest BCUT2D eigenvalue weighted by Gasteiger charge is -2.32. The van der Waals surface area contributed by atoms with Crippen LogP contribution in [0.25, 0.3) is 0 Å². The lowest BCUT2D eigenvalue weighted by Crippen LogP contribution is -2.39. The molecule has 6 heteroatoms. The summed E-state index contributed by atoms with van der Waals surface area (Å²) in [6.07, 6.45) is 9.63. The molecule has 1 aliphatic heterocycles. The van der Waals surface area contributed by atoms with E-state index in [1.165, 1.54) is 4.88 Å². The van der Waals surface area contributed by atoms with Gasteiger partial charge in [-0.2, -0.15) is 0 Å². The average Bonchev–Trinajstić information content (AvgIpc) is 3.31. The van der Waals surface area contributed by atoms with Gasteiger partial charge in [-0.05, 0) is 37.5 Å². The Bertz CT molecular complexity index is 886. The minimum Gasteiger partial charge on any atom is -0.338 e. The number of carbonyl (C=O) groups excluding carboxylic acids is 1. The number of thiophene rings is 1. The van der Waals surface area contributed by atoms with Crippen LogP contribution in [0.15, 0.2) is 48.4 Å². The van der Waals surface area contributed by atoms with Crippen molar-refractivity contribution < 1.29 is 4.79 Å². The highest BCUT2D eigenvalue weighted by Gasteiger charge is 2.28. The lowest BCUT2D eigenvalue weighted by molar-refractivity contribution is 0.0704. The third-order valence-corrected chi connectivity index (χ3v) is 5.74. The molecule has 4 heterocycles. The zero-order chi connectivity index (χ0) is 17.9. The van der Waals surface area contributed by atoms with E-state index in [1.54, 1.807) is 17.5 Å². The second-order valence-electron chi connectivity index (χ2n) is 6.81. The average molecular weight is 366 g/mol. The van der Waals surface area contributed by atoms with Gasteiger partial charge < -0.3 is 9.47 Å². The fourth-order valence-electron chi connectivity index (χ4n) is 3.61. The molecule has 3 aromatic heterocycles. The van der Waals surface area contributed by atoms with Crippen molar-refractivity contribution in [3.05, 3.63) is 70.2 Å². The molecular formula is C20H22N4OS. The maximum Gasteiger partial charge on any atom is 0.254 e. The van der Waals surface area contributed by atoms with Crippen LogP contribution in [0.1, 0.15) is 45.4 Å². The Morgan fingerprint density at radius 2 is 2.31 bits per heavy atom. The standard InChI is InChI=1S/C20H22N4OS/c1-15-10-18(14-26-15)20(25)24-8-3-5-17(13-24)19-22-7-9-23(19)12-16-4-2-6-21-11-16/h2,4,6-7,9-11,14,17H,3,5,8,12-13H2,1H3/t17-/m1/s1. The molecule has 0 aliphatic carbocycles. The molecule has 134 valence electrons. The van der Waals surface area contributed by atoms with Crippen molar-refractivity contribution in [1.82, 2.24) is 19.4 Å². The normalized spacial score (nSPS) is 17.4. The third-order valence-electron chi connectivity index (χ3n) is 4.87. The predicted octanol–water partition coefficient (Wildman–Crippen LogP) is 3.72. The fourth-order valence-corrected chi connectivity index (χ4v) is 4.29. The molecule has 1 fully saturated rings. The second-order valence-corrected chi connectivity index (χ2v) is 7.93. The van der Waals surface area contributed by atoms with Crippen LogP contribution in [-0.2, 0) is 6.54 Å². The summed E-state index contributed by atoms with van der Waals surface area (Å²) in [6, 6.07) is 6.02. The third kappa shape index (κ3) is 3.55. The number of imidazole rings is 1. The van der Waals surface area contributed by atoms with Gasteiger partial charge in [0.15, 0.2) is 0 Å². The van der Waals surface area contributed by atoms with E-state index in [9.17, 15) is 4.79 Å². The highest BCUT2D eigenvalue weighted by Crippen LogP contribution is 2.28. The van der Waals surface area contributed by atoms with E-state index < -0.39 is 0 Å². The predicted molar refractivity (Wildman–Crippen MR) is 103 cm³/mol. The molecule has 1 amide bonds. The van der Waals surface area contributed by atoms with Gasteiger partial charge in [0.1, 0.15) is 5.82 Å². The first-order chi connectivity index (χ1) is 12.7. The van der Waals surface area contributed by atoms with Crippen molar-refractivity contribution in [2.45, 2.75) is 32.2 Å². The zero-order valence-electron chi connectivity index (χ0n) is 14.8. The SMILES string of the molecule is Cc1cc(C(=O)N2CCC[C@@H](c3nccn3Cc3cccnc3)C2)cs1. The summed E-state index contributed by atoms with van der Waals surface area (Å²) in [6.45, 7) is 4.36. The van der Waals surface area contributed by atoms with Crippen molar-refractivity contribution in [1.29, 1.82) is 0 Å². The Labute approximate surface area is 157 Å². The van der Waals surface area contributed by atoms with E-state index in [0.717, 1.165) is 49.4 Å². The Morgan fingerprint density at radius 3 is 3.08 bits per heavy atom. The summed E-state index contributed by atoms with van der Waals surface area (Å²) in [7, 11) is 0. The first kappa shape index (κ1) is 17.0. The van der Waals surface area contributed by atoms with Crippen LogP contribution in [-0.4, -0.2) is 38.4 Å². The smallest absolute Gasteiger partial charge is 0.254 e. The zero-order valence-corrected chi connectivity index (χ0v) is 15.7. The number of aromatic nitrogens is 3. The largest absolute Gasteiger partial charge is 0.338 e. The molecule has 5 nitrogen and oxygen atoms in total. The molecule has 1 saturated heterocycles. The van der Waals surface area contributed by atoms with Crippen LogP contribution in [0.4, 0.5) is 0 Å². The van der Waals surface area contributed by atoms with Crippen LogP contribution >= 0.6 is 11.3 Å². The molecule has 0 bridgehead atoms. The number of nitrogens with zero attached hydrogens (tertiary/aromatic N) is 4. The molecular weight excluding hydrogens is 344 g/mol. The molecule has 0 unspecified atom stereocenters. The van der Waals surface area contributed by atoms with Crippen molar-refractivity contribution in [3.8, 4) is 0 Å². The van der Waals surface area contributed by atoms with Gasteiger partial charge in [-0.1, -0.05) is 6.07 Å². The summed E-state index contributed by atoms with van der Waals surface area (Å²) < 4.78 is 2.18. The molecule has 1 atom stereocenters. The lowest BCUT2D eigenvalue weighted by atomic mass is 9.96. The topological polar surface area (TPSA) is 51.0 Å². The van der Waals surface area contributed by atoms with E-state index in [2.05, 4.69) is 20.6 Å². The maximum absolute atomic E-state index is 12.8. The number of piperidine rings is 1. The van der Waals surface area contributed by atoms with E-state index in [-0.39, 0.29) is 11.8 Å². The number of carbonyl (C=O) groups is 1. The monoisotopic (exact) mass is 366 g/mol. The highest BCUT2D eigenvalue weighted by atomic mass is 32.1. The summed E-state index contributed by atoms with van der Waals surface area (Å²) in [5.41, 5.74) is 1.97. The van der Waals surface area contributed by atoms with Gasteiger partial charge in [0.25, 0.3) is 5.91 Å². The van der Waals surface area contributed by atoms with Gasteiger partial charge in [-0.3, -0.25) is 9.78 Å². The van der Waals surface area contributed by atoms with Crippen LogP contribution in [0.2, 0.25) is 0 Å². The molecule has 4 rings (SSSR count). The number of hydrogen-bond acceptors (Lipinski definition) is 4. The number of likely N-dealkylation sites (tertiary alicyclic amines) is 1. The van der Waals surface area contributed by atoms with Gasteiger partial charge >= 0.3 is 0 Å². The maximum atomic E-state index is 12.8. The van der Waals surface area contributed by atoms with Crippen molar-refractivity contribution in [3.63, 3.8) is 0 Å². The first-order valence-corrected chi connectivity index (χ1v) is 9.83. The minimum absolute atomic E-state index is 0.143. The number of pyridine rings is 1. The quantitative estimate of drug-likeness (QED) is 0.707. The molecule has 0 N–H and O–H groups in total. The van der Waals surface area contributed by atoms with Crippen LogP contribution < -0.4 is 0 Å². The summed E-state index contributed by atoms with van der Waals surface area (Å²) in [5, 5.41) is 1.96. The van der Waals surface area contributed by atoms with Crippen molar-refractivity contribution >= 4 is 17.2 Å².